The zero-order chi connectivity index (χ0) is 10.7. The average Bonchev–Trinajstić information content (AvgIpc) is 2.82. The zero-order valence-corrected chi connectivity index (χ0v) is 8.88. The van der Waals surface area contributed by atoms with Crippen molar-refractivity contribution >= 4 is 0 Å². The van der Waals surface area contributed by atoms with E-state index in [2.05, 4.69) is 34.6 Å². The summed E-state index contributed by atoms with van der Waals surface area (Å²) < 4.78 is 1.89. The minimum Gasteiger partial charge on any atom is -0.313 e. The molecule has 0 bridgehead atoms. The maximum atomic E-state index is 3.79. The first-order valence-corrected chi connectivity index (χ1v) is 4.93. The first kappa shape index (κ1) is 9.86. The predicted molar refractivity (Wildman–Crippen MR) is 58.8 cm³/mol. The molecule has 0 radical (unpaired) electrons. The summed E-state index contributed by atoms with van der Waals surface area (Å²) in [6, 6.07) is 8.66. The number of aromatic nitrogens is 3. The fraction of sp³-hybridized carbons (Fsp3) is 0.273. The normalized spacial score (nSPS) is 12.7. The van der Waals surface area contributed by atoms with Gasteiger partial charge in [-0.05, 0) is 31.7 Å². The molecule has 0 aliphatic heterocycles. The van der Waals surface area contributed by atoms with Crippen molar-refractivity contribution in [3.63, 3.8) is 0 Å². The molecule has 1 unspecified atom stereocenters. The van der Waals surface area contributed by atoms with Crippen LogP contribution in [0, 0.1) is 0 Å². The van der Waals surface area contributed by atoms with Crippen molar-refractivity contribution in [2.75, 3.05) is 7.05 Å². The molecule has 2 rings (SSSR count). The molecule has 0 aliphatic rings. The van der Waals surface area contributed by atoms with Crippen LogP contribution < -0.4 is 5.32 Å². The van der Waals surface area contributed by atoms with Gasteiger partial charge in [-0.2, -0.15) is 0 Å². The van der Waals surface area contributed by atoms with Gasteiger partial charge in [-0.25, -0.2) is 0 Å². The molecule has 0 fully saturated rings. The zero-order valence-electron chi connectivity index (χ0n) is 8.88. The summed E-state index contributed by atoms with van der Waals surface area (Å²) in [6.07, 6.45) is 3.40. The smallest absolute Gasteiger partial charge is 0.123 e. The van der Waals surface area contributed by atoms with Crippen molar-refractivity contribution in [1.29, 1.82) is 0 Å². The molecule has 0 saturated carbocycles. The molecule has 1 aromatic heterocycles. The number of nitrogens with zero attached hydrogens (tertiary/aromatic N) is 3. The fourth-order valence-corrected chi connectivity index (χ4v) is 1.46. The maximum absolute atomic E-state index is 3.79. The van der Waals surface area contributed by atoms with Gasteiger partial charge in [0.15, 0.2) is 0 Å². The van der Waals surface area contributed by atoms with Gasteiger partial charge in [0, 0.05) is 11.7 Å². The second kappa shape index (κ2) is 4.23. The van der Waals surface area contributed by atoms with Gasteiger partial charge in [-0.15, -0.1) is 10.2 Å². The Morgan fingerprint density at radius 1 is 1.27 bits per heavy atom. The number of rotatable bonds is 3. The summed E-state index contributed by atoms with van der Waals surface area (Å²) in [5.74, 6) is 0. The van der Waals surface area contributed by atoms with Gasteiger partial charge >= 0.3 is 0 Å². The van der Waals surface area contributed by atoms with Crippen LogP contribution in [0.25, 0.3) is 5.69 Å². The maximum Gasteiger partial charge on any atom is 0.123 e. The van der Waals surface area contributed by atoms with Crippen LogP contribution >= 0.6 is 0 Å². The molecule has 0 amide bonds. The number of nitrogens with one attached hydrogen (secondary N) is 1. The van der Waals surface area contributed by atoms with Crippen LogP contribution in [0.3, 0.4) is 0 Å². The molecular formula is C11H14N4. The Hall–Kier alpha value is -1.68. The molecule has 0 aliphatic carbocycles. The van der Waals surface area contributed by atoms with Crippen molar-refractivity contribution in [3.05, 3.63) is 42.5 Å². The van der Waals surface area contributed by atoms with E-state index in [9.17, 15) is 0 Å². The van der Waals surface area contributed by atoms with E-state index in [1.165, 1.54) is 5.56 Å². The van der Waals surface area contributed by atoms with Gasteiger partial charge in [0.2, 0.25) is 0 Å². The third-order valence-corrected chi connectivity index (χ3v) is 2.52. The largest absolute Gasteiger partial charge is 0.313 e. The summed E-state index contributed by atoms with van der Waals surface area (Å²) in [5, 5.41) is 10.8. The second-order valence-electron chi connectivity index (χ2n) is 3.47. The van der Waals surface area contributed by atoms with Crippen LogP contribution in [-0.4, -0.2) is 21.8 Å². The molecule has 0 spiro atoms. The van der Waals surface area contributed by atoms with Gasteiger partial charge in [-0.3, -0.25) is 4.57 Å². The Balaban J connectivity index is 2.35. The lowest BCUT2D eigenvalue weighted by Gasteiger charge is -2.11. The molecule has 1 aromatic carbocycles. The molecule has 2 aromatic rings. The van der Waals surface area contributed by atoms with Crippen LogP contribution in [0.4, 0.5) is 0 Å². The first-order chi connectivity index (χ1) is 7.31. The molecule has 4 heteroatoms. The van der Waals surface area contributed by atoms with Crippen LogP contribution in [0.15, 0.2) is 36.9 Å². The van der Waals surface area contributed by atoms with Gasteiger partial charge in [-0.1, -0.05) is 12.1 Å². The van der Waals surface area contributed by atoms with Crippen LogP contribution in [0.5, 0.6) is 0 Å². The Bertz CT molecular complexity index is 422. The molecule has 78 valence electrons. The number of hydrogen-bond donors (Lipinski definition) is 1. The lowest BCUT2D eigenvalue weighted by atomic mass is 10.1. The van der Waals surface area contributed by atoms with Crippen molar-refractivity contribution < 1.29 is 0 Å². The molecule has 4 nitrogen and oxygen atoms in total. The topological polar surface area (TPSA) is 42.7 Å². The lowest BCUT2D eigenvalue weighted by molar-refractivity contribution is 0.652. The van der Waals surface area contributed by atoms with E-state index in [0.717, 1.165) is 5.69 Å². The number of benzene rings is 1. The van der Waals surface area contributed by atoms with Gasteiger partial charge < -0.3 is 5.32 Å². The summed E-state index contributed by atoms with van der Waals surface area (Å²) in [7, 11) is 1.95. The standard InChI is InChI=1S/C11H14N4/c1-9(12-2)10-4-3-5-11(6-10)15-7-13-14-8-15/h3-9,12H,1-2H3. The minimum absolute atomic E-state index is 0.349. The summed E-state index contributed by atoms with van der Waals surface area (Å²) in [4.78, 5) is 0. The SMILES string of the molecule is CNC(C)c1cccc(-n2cnnc2)c1. The van der Waals surface area contributed by atoms with Gasteiger partial charge in [0.1, 0.15) is 12.7 Å². The highest BCUT2D eigenvalue weighted by atomic mass is 15.2. The van der Waals surface area contributed by atoms with E-state index in [0.29, 0.717) is 6.04 Å². The third-order valence-electron chi connectivity index (χ3n) is 2.52. The highest BCUT2D eigenvalue weighted by molar-refractivity contribution is 5.36. The van der Waals surface area contributed by atoms with E-state index >= 15 is 0 Å². The van der Waals surface area contributed by atoms with Crippen molar-refractivity contribution in [2.45, 2.75) is 13.0 Å². The molecule has 0 saturated heterocycles. The van der Waals surface area contributed by atoms with Crippen LogP contribution in [0.1, 0.15) is 18.5 Å². The molecule has 1 heterocycles. The number of hydrogen-bond acceptors (Lipinski definition) is 3. The Labute approximate surface area is 89.0 Å². The molecule has 15 heavy (non-hydrogen) atoms. The van der Waals surface area contributed by atoms with E-state index in [1.807, 2.05) is 23.7 Å². The van der Waals surface area contributed by atoms with Gasteiger partial charge in [0.05, 0.1) is 0 Å². The Kier molecular flexibility index (Phi) is 2.78. The average molecular weight is 202 g/mol. The first-order valence-electron chi connectivity index (χ1n) is 4.93. The molecule has 1 atom stereocenters. The van der Waals surface area contributed by atoms with Crippen molar-refractivity contribution in [1.82, 2.24) is 20.1 Å². The van der Waals surface area contributed by atoms with Crippen molar-refractivity contribution in [3.8, 4) is 5.69 Å². The fourth-order valence-electron chi connectivity index (χ4n) is 1.46. The molecular weight excluding hydrogens is 188 g/mol. The Morgan fingerprint density at radius 2 is 2.00 bits per heavy atom. The summed E-state index contributed by atoms with van der Waals surface area (Å²) in [6.45, 7) is 2.13. The molecule has 1 N–H and O–H groups in total. The van der Waals surface area contributed by atoms with Crippen LogP contribution in [0.2, 0.25) is 0 Å². The highest BCUT2D eigenvalue weighted by Crippen LogP contribution is 2.15. The van der Waals surface area contributed by atoms with E-state index in [-0.39, 0.29) is 0 Å². The van der Waals surface area contributed by atoms with E-state index in [1.54, 1.807) is 12.7 Å². The van der Waals surface area contributed by atoms with E-state index < -0.39 is 0 Å². The summed E-state index contributed by atoms with van der Waals surface area (Å²) in [5.41, 5.74) is 2.34. The quantitative estimate of drug-likeness (QED) is 0.821. The van der Waals surface area contributed by atoms with Gasteiger partial charge in [0.25, 0.3) is 0 Å². The second-order valence-corrected chi connectivity index (χ2v) is 3.47. The predicted octanol–water partition coefficient (Wildman–Crippen LogP) is 1.55. The highest BCUT2D eigenvalue weighted by Gasteiger charge is 2.03. The van der Waals surface area contributed by atoms with E-state index in [4.69, 9.17) is 0 Å². The van der Waals surface area contributed by atoms with Crippen molar-refractivity contribution in [2.24, 2.45) is 0 Å². The van der Waals surface area contributed by atoms with Crippen LogP contribution in [-0.2, 0) is 0 Å². The third kappa shape index (κ3) is 2.05. The Morgan fingerprint density at radius 3 is 2.67 bits per heavy atom. The monoisotopic (exact) mass is 202 g/mol. The summed E-state index contributed by atoms with van der Waals surface area (Å²) >= 11 is 0. The lowest BCUT2D eigenvalue weighted by Crippen LogP contribution is -2.12. The minimum atomic E-state index is 0.349.